The molecule has 29 heavy (non-hydrogen) atoms. The van der Waals surface area contributed by atoms with Crippen molar-refractivity contribution in [1.82, 2.24) is 4.98 Å². The summed E-state index contributed by atoms with van der Waals surface area (Å²) in [5.41, 5.74) is 5.47. The Bertz CT molecular complexity index is 1150. The second kappa shape index (κ2) is 8.95. The minimum Gasteiger partial charge on any atom is -0.423 e. The normalized spacial score (nSPS) is 11.3. The highest BCUT2D eigenvalue weighted by Crippen LogP contribution is 2.25. The smallest absolute Gasteiger partial charge is 0.336 e. The molecule has 0 saturated heterocycles. The van der Waals surface area contributed by atoms with E-state index in [1.165, 1.54) is 17.4 Å². The SMILES string of the molecule is O=C(C=Cc1ccccc1)Oc1ccccc1C=NNc1nc2ccccc2s1. The molecule has 4 rings (SSSR count). The summed E-state index contributed by atoms with van der Waals surface area (Å²) in [6.07, 6.45) is 4.73. The Morgan fingerprint density at radius 2 is 1.72 bits per heavy atom. The second-order valence-electron chi connectivity index (χ2n) is 6.06. The van der Waals surface area contributed by atoms with Gasteiger partial charge in [-0.1, -0.05) is 65.9 Å². The third-order valence-corrected chi connectivity index (χ3v) is 4.94. The van der Waals surface area contributed by atoms with Crippen LogP contribution in [0.1, 0.15) is 11.1 Å². The van der Waals surface area contributed by atoms with Gasteiger partial charge in [-0.3, -0.25) is 5.43 Å². The highest BCUT2D eigenvalue weighted by molar-refractivity contribution is 7.22. The van der Waals surface area contributed by atoms with Crippen molar-refractivity contribution in [2.24, 2.45) is 5.10 Å². The van der Waals surface area contributed by atoms with Gasteiger partial charge in [0.05, 0.1) is 16.4 Å². The molecule has 142 valence electrons. The molecule has 0 aliphatic rings. The maximum absolute atomic E-state index is 12.2. The molecular weight excluding hydrogens is 382 g/mol. The van der Waals surface area contributed by atoms with E-state index in [0.717, 1.165) is 15.8 Å². The summed E-state index contributed by atoms with van der Waals surface area (Å²) in [7, 11) is 0. The van der Waals surface area contributed by atoms with Crippen LogP contribution >= 0.6 is 11.3 Å². The number of esters is 1. The molecule has 3 aromatic carbocycles. The van der Waals surface area contributed by atoms with Gasteiger partial charge in [-0.05, 0) is 35.9 Å². The monoisotopic (exact) mass is 399 g/mol. The van der Waals surface area contributed by atoms with Gasteiger partial charge in [-0.15, -0.1) is 0 Å². The zero-order chi connectivity index (χ0) is 19.9. The number of nitrogens with zero attached hydrogens (tertiary/aromatic N) is 2. The molecule has 0 saturated carbocycles. The van der Waals surface area contributed by atoms with Crippen molar-refractivity contribution < 1.29 is 9.53 Å². The van der Waals surface area contributed by atoms with Crippen LogP contribution in [0.4, 0.5) is 5.13 Å². The minimum atomic E-state index is -0.450. The number of rotatable bonds is 6. The van der Waals surface area contributed by atoms with Crippen molar-refractivity contribution in [3.05, 3.63) is 96.1 Å². The number of hydrazone groups is 1. The average Bonchev–Trinajstić information content (AvgIpc) is 3.17. The number of nitrogens with one attached hydrogen (secondary N) is 1. The van der Waals surface area contributed by atoms with Crippen LogP contribution in [-0.2, 0) is 4.79 Å². The topological polar surface area (TPSA) is 63.6 Å². The number of thiazole rings is 1. The van der Waals surface area contributed by atoms with Gasteiger partial charge in [-0.25, -0.2) is 9.78 Å². The Hall–Kier alpha value is -3.77. The quantitative estimate of drug-likeness (QED) is 0.156. The molecule has 1 heterocycles. The second-order valence-corrected chi connectivity index (χ2v) is 7.09. The first-order chi connectivity index (χ1) is 14.3. The van der Waals surface area contributed by atoms with Crippen LogP contribution in [0.15, 0.2) is 90.0 Å². The Morgan fingerprint density at radius 1 is 0.966 bits per heavy atom. The number of hydrogen-bond donors (Lipinski definition) is 1. The summed E-state index contributed by atoms with van der Waals surface area (Å²) in [5, 5.41) is 4.93. The molecule has 4 aromatic rings. The Morgan fingerprint density at radius 3 is 2.59 bits per heavy atom. The lowest BCUT2D eigenvalue weighted by Crippen LogP contribution is -2.05. The van der Waals surface area contributed by atoms with E-state index in [1.807, 2.05) is 72.8 Å². The van der Waals surface area contributed by atoms with E-state index in [1.54, 1.807) is 18.4 Å². The lowest BCUT2D eigenvalue weighted by atomic mass is 10.2. The summed E-state index contributed by atoms with van der Waals surface area (Å²) in [6, 6.07) is 24.7. The Labute approximate surface area is 172 Å². The third kappa shape index (κ3) is 4.94. The summed E-state index contributed by atoms with van der Waals surface area (Å²) in [4.78, 5) is 16.6. The number of hydrogen-bond acceptors (Lipinski definition) is 6. The van der Waals surface area contributed by atoms with Gasteiger partial charge in [0, 0.05) is 11.6 Å². The molecule has 6 heteroatoms. The Kier molecular flexibility index (Phi) is 5.73. The zero-order valence-corrected chi connectivity index (χ0v) is 16.2. The number of fused-ring (bicyclic) bond motifs is 1. The van der Waals surface area contributed by atoms with E-state index < -0.39 is 5.97 Å². The maximum Gasteiger partial charge on any atom is 0.336 e. The van der Waals surface area contributed by atoms with E-state index in [9.17, 15) is 4.79 Å². The average molecular weight is 399 g/mol. The molecule has 0 amide bonds. The van der Waals surface area contributed by atoms with Gasteiger partial charge in [0.25, 0.3) is 0 Å². The van der Waals surface area contributed by atoms with E-state index in [0.29, 0.717) is 16.4 Å². The van der Waals surface area contributed by atoms with Crippen molar-refractivity contribution >= 4 is 44.9 Å². The van der Waals surface area contributed by atoms with Crippen molar-refractivity contribution in [3.8, 4) is 5.75 Å². The zero-order valence-electron chi connectivity index (χ0n) is 15.4. The number of aromatic nitrogens is 1. The number of anilines is 1. The molecule has 0 radical (unpaired) electrons. The number of para-hydroxylation sites is 2. The fraction of sp³-hybridized carbons (Fsp3) is 0. The van der Waals surface area contributed by atoms with Gasteiger partial charge in [0.1, 0.15) is 5.75 Å². The molecule has 1 N–H and O–H groups in total. The van der Waals surface area contributed by atoms with E-state index in [-0.39, 0.29) is 0 Å². The first-order valence-electron chi connectivity index (χ1n) is 8.96. The lowest BCUT2D eigenvalue weighted by Gasteiger charge is -2.05. The predicted molar refractivity (Wildman–Crippen MR) is 118 cm³/mol. The van der Waals surface area contributed by atoms with Crippen molar-refractivity contribution in [1.29, 1.82) is 0 Å². The number of carbonyl (C=O) groups is 1. The van der Waals surface area contributed by atoms with Crippen molar-refractivity contribution in [3.63, 3.8) is 0 Å². The summed E-state index contributed by atoms with van der Waals surface area (Å²) in [6.45, 7) is 0. The lowest BCUT2D eigenvalue weighted by molar-refractivity contribution is -0.128. The number of carbonyl (C=O) groups excluding carboxylic acids is 1. The fourth-order valence-corrected chi connectivity index (χ4v) is 3.44. The van der Waals surface area contributed by atoms with Gasteiger partial charge < -0.3 is 4.74 Å². The van der Waals surface area contributed by atoms with Gasteiger partial charge in [0.15, 0.2) is 0 Å². The Balaban J connectivity index is 1.42. The molecule has 0 unspecified atom stereocenters. The highest BCUT2D eigenvalue weighted by Gasteiger charge is 2.06. The van der Waals surface area contributed by atoms with Crippen molar-refractivity contribution in [2.45, 2.75) is 0 Å². The molecule has 0 aliphatic heterocycles. The highest BCUT2D eigenvalue weighted by atomic mass is 32.1. The summed E-state index contributed by atoms with van der Waals surface area (Å²) in [5.74, 6) is -0.0149. The molecule has 0 fully saturated rings. The standard InChI is InChI=1S/C23H17N3O2S/c27-22(15-14-17-8-2-1-3-9-17)28-20-12-6-4-10-18(20)16-24-26-23-25-19-11-5-7-13-21(19)29-23/h1-16H,(H,25,26). The van der Waals surface area contributed by atoms with Crippen LogP contribution in [-0.4, -0.2) is 17.2 Å². The molecule has 0 spiro atoms. The van der Waals surface area contributed by atoms with Gasteiger partial charge in [0.2, 0.25) is 5.13 Å². The van der Waals surface area contributed by atoms with Crippen molar-refractivity contribution in [2.75, 3.05) is 5.43 Å². The van der Waals surface area contributed by atoms with Crippen LogP contribution in [0.3, 0.4) is 0 Å². The van der Waals surface area contributed by atoms with Crippen LogP contribution in [0.25, 0.3) is 16.3 Å². The molecule has 1 aromatic heterocycles. The first kappa shape index (κ1) is 18.6. The maximum atomic E-state index is 12.2. The minimum absolute atomic E-state index is 0.435. The summed E-state index contributed by atoms with van der Waals surface area (Å²) >= 11 is 1.52. The van der Waals surface area contributed by atoms with Crippen LogP contribution < -0.4 is 10.2 Å². The number of benzene rings is 3. The molecule has 5 nitrogen and oxygen atoms in total. The third-order valence-electron chi connectivity index (χ3n) is 4.00. The fourth-order valence-electron chi connectivity index (χ4n) is 2.63. The first-order valence-corrected chi connectivity index (χ1v) is 9.78. The summed E-state index contributed by atoms with van der Waals surface area (Å²) < 4.78 is 6.55. The van der Waals surface area contributed by atoms with Crippen LogP contribution in [0, 0.1) is 0 Å². The molecular formula is C23H17N3O2S. The van der Waals surface area contributed by atoms with Gasteiger partial charge in [-0.2, -0.15) is 5.10 Å². The van der Waals surface area contributed by atoms with Crippen LogP contribution in [0.5, 0.6) is 5.75 Å². The largest absolute Gasteiger partial charge is 0.423 e. The van der Waals surface area contributed by atoms with E-state index >= 15 is 0 Å². The molecule has 0 aliphatic carbocycles. The van der Waals surface area contributed by atoms with E-state index in [2.05, 4.69) is 15.5 Å². The predicted octanol–water partition coefficient (Wildman–Crippen LogP) is 5.36. The molecule has 0 atom stereocenters. The van der Waals surface area contributed by atoms with Crippen LogP contribution in [0.2, 0.25) is 0 Å². The van der Waals surface area contributed by atoms with E-state index in [4.69, 9.17) is 4.74 Å². The molecule has 0 bridgehead atoms. The number of ether oxygens (including phenoxy) is 1. The van der Waals surface area contributed by atoms with Gasteiger partial charge >= 0.3 is 5.97 Å².